The van der Waals surface area contributed by atoms with Gasteiger partial charge in [-0.2, -0.15) is 4.98 Å². The zero-order chi connectivity index (χ0) is 41.4. The zero-order valence-corrected chi connectivity index (χ0v) is 32.7. The number of nitrogens with two attached hydrogens (primary N) is 1. The van der Waals surface area contributed by atoms with E-state index in [0.29, 0.717) is 103 Å². The highest BCUT2D eigenvalue weighted by molar-refractivity contribution is 5.97. The highest BCUT2D eigenvalue weighted by Crippen LogP contribution is 2.12. The van der Waals surface area contributed by atoms with Gasteiger partial charge in [0.15, 0.2) is 11.2 Å². The lowest BCUT2D eigenvalue weighted by Gasteiger charge is -2.15. The van der Waals surface area contributed by atoms with E-state index in [1.54, 1.807) is 16.8 Å². The zero-order valence-electron chi connectivity index (χ0n) is 32.7. The number of aromatic amines is 1. The Labute approximate surface area is 334 Å². The van der Waals surface area contributed by atoms with E-state index in [4.69, 9.17) is 29.4 Å². The number of aromatic nitrogens is 7. The molecule has 58 heavy (non-hydrogen) atoms. The van der Waals surface area contributed by atoms with Crippen LogP contribution >= 0.6 is 0 Å². The van der Waals surface area contributed by atoms with Gasteiger partial charge in [0.05, 0.1) is 90.1 Å². The van der Waals surface area contributed by atoms with Crippen molar-refractivity contribution in [1.29, 1.82) is 0 Å². The van der Waals surface area contributed by atoms with Crippen LogP contribution in [0.3, 0.4) is 0 Å². The van der Waals surface area contributed by atoms with Crippen LogP contribution in [-0.4, -0.2) is 136 Å². The SMILES string of the molecule is CCOCCOCCOCCOCCOCCn1cc(CCCCNC(=O)CC[C@H](NC(=O)c2ccc(NCc3cnc4nc(N)[nH]c(=O)c4n3)cc2)C(=O)O)nn1. The van der Waals surface area contributed by atoms with E-state index in [0.717, 1.165) is 12.1 Å². The van der Waals surface area contributed by atoms with E-state index in [1.807, 2.05) is 13.1 Å². The Morgan fingerprint density at radius 3 is 2.24 bits per heavy atom. The Kier molecular flexibility index (Phi) is 19.9. The molecule has 21 nitrogen and oxygen atoms in total. The van der Waals surface area contributed by atoms with E-state index in [2.05, 4.69) is 46.2 Å². The molecule has 0 aliphatic carbocycles. The molecule has 316 valence electrons. The average molecular weight is 812 g/mol. The minimum Gasteiger partial charge on any atom is -0.480 e. The predicted octanol–water partition coefficient (Wildman–Crippen LogP) is 0.704. The number of benzene rings is 1. The number of unbranched alkanes of at least 4 members (excludes halogenated alkanes) is 1. The number of carboxylic acid groups (broad SMARTS) is 1. The van der Waals surface area contributed by atoms with Crippen LogP contribution in [0, 0.1) is 0 Å². The van der Waals surface area contributed by atoms with Crippen LogP contribution in [0.5, 0.6) is 0 Å². The molecular weight excluding hydrogens is 758 g/mol. The average Bonchev–Trinajstić information content (AvgIpc) is 3.67. The summed E-state index contributed by atoms with van der Waals surface area (Å²) in [5.74, 6) is -2.20. The van der Waals surface area contributed by atoms with Gasteiger partial charge in [-0.25, -0.2) is 19.4 Å². The Bertz CT molecular complexity index is 1910. The quantitative estimate of drug-likeness (QED) is 0.0395. The Morgan fingerprint density at radius 1 is 0.897 bits per heavy atom. The number of carboxylic acids is 1. The molecule has 21 heteroatoms. The van der Waals surface area contributed by atoms with Crippen molar-refractivity contribution in [2.24, 2.45) is 0 Å². The minimum atomic E-state index is -1.25. The van der Waals surface area contributed by atoms with Gasteiger partial charge in [-0.05, 0) is 56.9 Å². The number of rotatable bonds is 30. The lowest BCUT2D eigenvalue weighted by Crippen LogP contribution is -2.41. The molecular formula is C37H53N11O10. The number of H-pyrrole nitrogens is 1. The fourth-order valence-electron chi connectivity index (χ4n) is 5.25. The predicted molar refractivity (Wildman–Crippen MR) is 210 cm³/mol. The number of ether oxygens (including phenoxy) is 5. The van der Waals surface area contributed by atoms with Gasteiger partial charge in [-0.1, -0.05) is 5.21 Å². The molecule has 1 aromatic carbocycles. The lowest BCUT2D eigenvalue weighted by molar-refractivity contribution is -0.139. The summed E-state index contributed by atoms with van der Waals surface area (Å²) in [6.45, 7) is 8.39. The largest absolute Gasteiger partial charge is 0.480 e. The fraction of sp³-hybridized carbons (Fsp3) is 0.541. The molecule has 0 saturated heterocycles. The van der Waals surface area contributed by atoms with Crippen molar-refractivity contribution in [3.8, 4) is 0 Å². The van der Waals surface area contributed by atoms with Crippen molar-refractivity contribution < 1.29 is 43.2 Å². The van der Waals surface area contributed by atoms with E-state index in [-0.39, 0.29) is 48.0 Å². The summed E-state index contributed by atoms with van der Waals surface area (Å²) in [4.78, 5) is 63.9. The van der Waals surface area contributed by atoms with Crippen LogP contribution in [0.25, 0.3) is 11.2 Å². The number of hydrogen-bond acceptors (Lipinski definition) is 16. The summed E-state index contributed by atoms with van der Waals surface area (Å²) in [6.07, 6.45) is 5.33. The second kappa shape index (κ2) is 25.6. The van der Waals surface area contributed by atoms with Crippen LogP contribution in [0.15, 0.2) is 41.5 Å². The number of nitrogen functional groups attached to an aromatic ring is 1. The molecule has 0 bridgehead atoms. The second-order valence-electron chi connectivity index (χ2n) is 12.7. The van der Waals surface area contributed by atoms with E-state index in [1.165, 1.54) is 18.3 Å². The van der Waals surface area contributed by atoms with E-state index in [9.17, 15) is 24.3 Å². The lowest BCUT2D eigenvalue weighted by atomic mass is 10.1. The maximum atomic E-state index is 12.8. The third-order valence-corrected chi connectivity index (χ3v) is 8.30. The van der Waals surface area contributed by atoms with Crippen LogP contribution in [0.1, 0.15) is 54.4 Å². The maximum Gasteiger partial charge on any atom is 0.326 e. The molecule has 0 fully saturated rings. The van der Waals surface area contributed by atoms with Gasteiger partial charge in [-0.3, -0.25) is 19.4 Å². The maximum absolute atomic E-state index is 12.8. The van der Waals surface area contributed by atoms with Gasteiger partial charge in [-0.15, -0.1) is 5.10 Å². The first-order chi connectivity index (χ1) is 28.2. The number of carbonyl (C=O) groups is 3. The fourth-order valence-corrected chi connectivity index (χ4v) is 5.25. The molecule has 4 rings (SSSR count). The highest BCUT2D eigenvalue weighted by Gasteiger charge is 2.22. The number of amides is 2. The molecule has 0 radical (unpaired) electrons. The summed E-state index contributed by atoms with van der Waals surface area (Å²) in [6, 6.07) is 5.10. The number of fused-ring (bicyclic) bond motifs is 1. The van der Waals surface area contributed by atoms with Gasteiger partial charge < -0.3 is 50.5 Å². The number of aliphatic carboxylic acids is 1. The molecule has 3 heterocycles. The van der Waals surface area contributed by atoms with Crippen molar-refractivity contribution in [3.63, 3.8) is 0 Å². The summed E-state index contributed by atoms with van der Waals surface area (Å²) in [5, 5.41) is 26.4. The van der Waals surface area contributed by atoms with Gasteiger partial charge in [0, 0.05) is 37.0 Å². The van der Waals surface area contributed by atoms with Crippen molar-refractivity contribution in [2.75, 3.05) is 83.7 Å². The van der Waals surface area contributed by atoms with Crippen molar-refractivity contribution in [1.82, 2.24) is 45.6 Å². The molecule has 1 atom stereocenters. The molecule has 0 spiro atoms. The van der Waals surface area contributed by atoms with Crippen molar-refractivity contribution in [2.45, 2.75) is 58.2 Å². The van der Waals surface area contributed by atoms with Crippen molar-refractivity contribution in [3.05, 3.63) is 64.0 Å². The third-order valence-electron chi connectivity index (χ3n) is 8.30. The second-order valence-corrected chi connectivity index (χ2v) is 12.7. The first-order valence-electron chi connectivity index (χ1n) is 19.1. The molecule has 3 aromatic heterocycles. The molecule has 0 aliphatic rings. The molecule has 0 unspecified atom stereocenters. The van der Waals surface area contributed by atoms with Crippen LogP contribution in [0.4, 0.5) is 11.6 Å². The Morgan fingerprint density at radius 2 is 1.57 bits per heavy atom. The Hall–Kier alpha value is -5.61. The van der Waals surface area contributed by atoms with Gasteiger partial charge in [0.2, 0.25) is 11.9 Å². The molecule has 2 amide bonds. The first-order valence-corrected chi connectivity index (χ1v) is 19.1. The van der Waals surface area contributed by atoms with Gasteiger partial charge in [0.25, 0.3) is 11.5 Å². The molecule has 4 aromatic rings. The van der Waals surface area contributed by atoms with Gasteiger partial charge >= 0.3 is 5.97 Å². The monoisotopic (exact) mass is 811 g/mol. The number of nitrogens with zero attached hydrogens (tertiary/aromatic N) is 6. The van der Waals surface area contributed by atoms with Crippen molar-refractivity contribution >= 4 is 40.6 Å². The number of carbonyl (C=O) groups excluding carboxylic acids is 2. The van der Waals surface area contributed by atoms with Crippen LogP contribution in [0.2, 0.25) is 0 Å². The Balaban J connectivity index is 1.01. The topological polar surface area (TPSA) is 282 Å². The van der Waals surface area contributed by atoms with E-state index >= 15 is 0 Å². The number of nitrogens with one attached hydrogen (secondary N) is 4. The summed E-state index contributed by atoms with van der Waals surface area (Å²) in [5.41, 5.74) is 7.42. The summed E-state index contributed by atoms with van der Waals surface area (Å²) < 4.78 is 28.8. The van der Waals surface area contributed by atoms with Crippen LogP contribution < -0.4 is 27.2 Å². The number of anilines is 2. The van der Waals surface area contributed by atoms with Crippen LogP contribution in [-0.2, 0) is 52.8 Å². The smallest absolute Gasteiger partial charge is 0.326 e. The highest BCUT2D eigenvalue weighted by atomic mass is 16.6. The minimum absolute atomic E-state index is 0.0528. The third kappa shape index (κ3) is 16.9. The molecule has 0 saturated carbocycles. The van der Waals surface area contributed by atoms with Gasteiger partial charge in [0.1, 0.15) is 6.04 Å². The first kappa shape index (κ1) is 45.1. The molecule has 0 aliphatic heterocycles. The standard InChI is InChI=1S/C37H53N11O10/c1-2-54-15-16-56-19-20-58-22-21-57-18-17-55-14-13-48-25-28(46-47-48)5-3-4-12-39-31(49)11-10-30(36(52)53)43-34(50)26-6-8-27(9-7-26)40-23-29-24-41-33-32(42-29)35(51)45-37(38)44-33/h6-9,24-25,30,40H,2-5,10-23H2,1H3,(H,39,49)(H,43,50)(H,52,53)(H3,38,41,44,45,51)/t30-/m0/s1. The molecule has 7 N–H and O–H groups in total. The number of aryl methyl sites for hydroxylation is 1. The van der Waals surface area contributed by atoms with E-state index < -0.39 is 23.5 Å². The summed E-state index contributed by atoms with van der Waals surface area (Å²) in [7, 11) is 0. The summed E-state index contributed by atoms with van der Waals surface area (Å²) >= 11 is 0. The normalized spacial score (nSPS) is 11.7. The number of hydrogen-bond donors (Lipinski definition) is 6.